The molecule has 0 saturated heterocycles. The lowest BCUT2D eigenvalue weighted by Crippen LogP contribution is -2.50. The number of rotatable bonds is 0. The first-order chi connectivity index (χ1) is 5.72. The van der Waals surface area contributed by atoms with Gasteiger partial charge in [-0.25, -0.2) is 9.59 Å². The zero-order chi connectivity index (χ0) is 10.6. The first-order valence-corrected chi connectivity index (χ1v) is 4.03. The van der Waals surface area contributed by atoms with Crippen LogP contribution in [-0.2, 0) is 0 Å². The summed E-state index contributed by atoms with van der Waals surface area (Å²) in [5.74, 6) is 0. The van der Waals surface area contributed by atoms with Gasteiger partial charge in [0.2, 0.25) is 0 Å². The second-order valence-electron chi connectivity index (χ2n) is 4.03. The lowest BCUT2D eigenvalue weighted by Gasteiger charge is -2.21. The summed E-state index contributed by atoms with van der Waals surface area (Å²) in [6, 6.07) is -0.909. The Morgan fingerprint density at radius 3 is 1.92 bits per heavy atom. The fraction of sp³-hybridized carbons (Fsp3) is 0.750. The van der Waals surface area contributed by atoms with Gasteiger partial charge < -0.3 is 10.2 Å². The molecule has 0 saturated carbocycles. The van der Waals surface area contributed by atoms with Crippen molar-refractivity contribution in [2.75, 3.05) is 14.1 Å². The monoisotopic (exact) mass is 187 g/mol. The SMILES string of the molecule is CN(C)C(=O)NC(=O)NC(C)(C)C. The van der Waals surface area contributed by atoms with Gasteiger partial charge in [-0.3, -0.25) is 5.32 Å². The highest BCUT2D eigenvalue weighted by Gasteiger charge is 2.15. The molecule has 0 aliphatic rings. The summed E-state index contributed by atoms with van der Waals surface area (Å²) < 4.78 is 0. The Bertz CT molecular complexity index is 206. The van der Waals surface area contributed by atoms with Crippen molar-refractivity contribution >= 4 is 12.1 Å². The zero-order valence-corrected chi connectivity index (χ0v) is 8.76. The summed E-state index contributed by atoms with van der Waals surface area (Å²) in [5.41, 5.74) is -0.337. The number of carbonyl (C=O) groups excluding carboxylic acids is 2. The molecule has 0 spiro atoms. The van der Waals surface area contributed by atoms with Crippen molar-refractivity contribution in [3.05, 3.63) is 0 Å². The number of carbonyl (C=O) groups is 2. The summed E-state index contributed by atoms with van der Waals surface area (Å²) in [6.45, 7) is 5.52. The van der Waals surface area contributed by atoms with E-state index in [-0.39, 0.29) is 5.54 Å². The lowest BCUT2D eigenvalue weighted by atomic mass is 10.1. The number of nitrogens with one attached hydrogen (secondary N) is 2. The van der Waals surface area contributed by atoms with Crippen molar-refractivity contribution in [2.24, 2.45) is 0 Å². The Morgan fingerprint density at radius 1 is 1.15 bits per heavy atom. The Labute approximate surface area is 78.5 Å². The number of hydrogen-bond acceptors (Lipinski definition) is 2. The van der Waals surface area contributed by atoms with Crippen LogP contribution < -0.4 is 10.6 Å². The van der Waals surface area contributed by atoms with Gasteiger partial charge in [-0.1, -0.05) is 0 Å². The summed E-state index contributed by atoms with van der Waals surface area (Å²) in [4.78, 5) is 23.4. The molecule has 0 unspecified atom stereocenters. The van der Waals surface area contributed by atoms with E-state index in [4.69, 9.17) is 0 Å². The minimum absolute atomic E-state index is 0.337. The standard InChI is InChI=1S/C8H17N3O2/c1-8(2,3)10-6(12)9-7(13)11(4)5/h1-5H3,(H2,9,10,12,13). The van der Waals surface area contributed by atoms with Crippen LogP contribution in [0.5, 0.6) is 0 Å². The van der Waals surface area contributed by atoms with Crippen molar-refractivity contribution in [2.45, 2.75) is 26.3 Å². The molecule has 5 heteroatoms. The number of imide groups is 1. The number of urea groups is 2. The molecule has 0 rings (SSSR count). The topological polar surface area (TPSA) is 61.4 Å². The maximum absolute atomic E-state index is 11.1. The van der Waals surface area contributed by atoms with E-state index in [9.17, 15) is 9.59 Å². The molecule has 0 bridgehead atoms. The molecule has 0 aliphatic carbocycles. The molecular weight excluding hydrogens is 170 g/mol. The van der Waals surface area contributed by atoms with Crippen LogP contribution in [0.3, 0.4) is 0 Å². The van der Waals surface area contributed by atoms with Crippen LogP contribution >= 0.6 is 0 Å². The third-order valence-corrected chi connectivity index (χ3v) is 1.12. The Kier molecular flexibility index (Phi) is 3.71. The summed E-state index contributed by atoms with van der Waals surface area (Å²) in [6.07, 6.45) is 0. The van der Waals surface area contributed by atoms with Gasteiger partial charge in [-0.05, 0) is 20.8 Å². The van der Waals surface area contributed by atoms with Crippen LogP contribution in [0.15, 0.2) is 0 Å². The van der Waals surface area contributed by atoms with Crippen molar-refractivity contribution in [3.63, 3.8) is 0 Å². The predicted molar refractivity (Wildman–Crippen MR) is 50.5 cm³/mol. The number of amides is 4. The smallest absolute Gasteiger partial charge is 0.324 e. The molecule has 76 valence electrons. The molecule has 0 atom stereocenters. The third-order valence-electron chi connectivity index (χ3n) is 1.12. The molecule has 0 fully saturated rings. The average molecular weight is 187 g/mol. The molecule has 0 radical (unpaired) electrons. The van der Waals surface area contributed by atoms with Crippen LogP contribution in [0, 0.1) is 0 Å². The Balaban J connectivity index is 3.96. The van der Waals surface area contributed by atoms with E-state index < -0.39 is 12.1 Å². The summed E-state index contributed by atoms with van der Waals surface area (Å²) >= 11 is 0. The minimum Gasteiger partial charge on any atom is -0.333 e. The van der Waals surface area contributed by atoms with Crippen molar-refractivity contribution in [3.8, 4) is 0 Å². The van der Waals surface area contributed by atoms with Gasteiger partial charge in [0.15, 0.2) is 0 Å². The first-order valence-electron chi connectivity index (χ1n) is 4.03. The number of nitrogens with zero attached hydrogens (tertiary/aromatic N) is 1. The quantitative estimate of drug-likeness (QED) is 0.588. The van der Waals surface area contributed by atoms with Crippen LogP contribution in [0.1, 0.15) is 20.8 Å². The first kappa shape index (κ1) is 11.7. The average Bonchev–Trinajstić information content (AvgIpc) is 1.81. The number of hydrogen-bond donors (Lipinski definition) is 2. The van der Waals surface area contributed by atoms with Crippen molar-refractivity contribution < 1.29 is 9.59 Å². The normalized spacial score (nSPS) is 10.5. The van der Waals surface area contributed by atoms with Gasteiger partial charge in [0.05, 0.1) is 0 Å². The zero-order valence-electron chi connectivity index (χ0n) is 8.76. The molecule has 0 aromatic carbocycles. The van der Waals surface area contributed by atoms with Gasteiger partial charge in [-0.2, -0.15) is 0 Å². The van der Waals surface area contributed by atoms with E-state index in [1.807, 2.05) is 20.8 Å². The van der Waals surface area contributed by atoms with Gasteiger partial charge in [0, 0.05) is 19.6 Å². The fourth-order valence-electron chi connectivity index (χ4n) is 0.581. The Morgan fingerprint density at radius 2 is 1.62 bits per heavy atom. The molecule has 0 heterocycles. The molecule has 5 nitrogen and oxygen atoms in total. The molecule has 4 amide bonds. The highest BCUT2D eigenvalue weighted by Crippen LogP contribution is 1.97. The maximum Gasteiger partial charge on any atom is 0.324 e. The molecule has 0 aliphatic heterocycles. The van der Waals surface area contributed by atoms with Gasteiger partial charge in [0.25, 0.3) is 0 Å². The molecule has 0 aromatic rings. The van der Waals surface area contributed by atoms with E-state index in [1.165, 1.54) is 4.90 Å². The fourth-order valence-corrected chi connectivity index (χ4v) is 0.581. The molecule has 0 aromatic heterocycles. The van der Waals surface area contributed by atoms with E-state index in [2.05, 4.69) is 10.6 Å². The summed E-state index contributed by atoms with van der Waals surface area (Å²) in [7, 11) is 3.14. The Hall–Kier alpha value is -1.26. The minimum atomic E-state index is -0.480. The second kappa shape index (κ2) is 4.11. The van der Waals surface area contributed by atoms with E-state index in [0.717, 1.165) is 0 Å². The van der Waals surface area contributed by atoms with Crippen LogP contribution in [0.25, 0.3) is 0 Å². The van der Waals surface area contributed by atoms with Gasteiger partial charge in [-0.15, -0.1) is 0 Å². The van der Waals surface area contributed by atoms with Gasteiger partial charge >= 0.3 is 12.1 Å². The lowest BCUT2D eigenvalue weighted by molar-refractivity contribution is 0.208. The van der Waals surface area contributed by atoms with Crippen LogP contribution in [0.2, 0.25) is 0 Å². The van der Waals surface area contributed by atoms with E-state index in [1.54, 1.807) is 14.1 Å². The largest absolute Gasteiger partial charge is 0.333 e. The molecule has 13 heavy (non-hydrogen) atoms. The molecule has 2 N–H and O–H groups in total. The molecular formula is C8H17N3O2. The van der Waals surface area contributed by atoms with Crippen LogP contribution in [0.4, 0.5) is 9.59 Å². The predicted octanol–water partition coefficient (Wildman–Crippen LogP) is 0.766. The van der Waals surface area contributed by atoms with Crippen molar-refractivity contribution in [1.29, 1.82) is 0 Å². The van der Waals surface area contributed by atoms with Crippen molar-refractivity contribution in [1.82, 2.24) is 15.5 Å². The maximum atomic E-state index is 11.1. The summed E-state index contributed by atoms with van der Waals surface area (Å²) in [5, 5.41) is 4.78. The second-order valence-corrected chi connectivity index (χ2v) is 4.03. The highest BCUT2D eigenvalue weighted by atomic mass is 16.2. The third kappa shape index (κ3) is 5.95. The van der Waals surface area contributed by atoms with Crippen LogP contribution in [-0.4, -0.2) is 36.6 Å². The van der Waals surface area contributed by atoms with E-state index >= 15 is 0 Å². The van der Waals surface area contributed by atoms with Gasteiger partial charge in [0.1, 0.15) is 0 Å². The highest BCUT2D eigenvalue weighted by molar-refractivity contribution is 5.93. The van der Waals surface area contributed by atoms with E-state index in [0.29, 0.717) is 0 Å².